The third-order valence-corrected chi connectivity index (χ3v) is 15.8. The van der Waals surface area contributed by atoms with Gasteiger partial charge in [-0.25, -0.2) is 0 Å². The first kappa shape index (κ1) is 44.5. The molecule has 8 aromatic rings. The van der Waals surface area contributed by atoms with Crippen molar-refractivity contribution in [2.24, 2.45) is 4.76 Å². The molecule has 0 amide bonds. The third kappa shape index (κ3) is 9.42. The number of hydrogen-bond donors (Lipinski definition) is 0. The molecule has 4 nitrogen and oxygen atoms in total. The van der Waals surface area contributed by atoms with E-state index in [4.69, 9.17) is 4.76 Å². The molecule has 2 aliphatic rings. The fourth-order valence-electron chi connectivity index (χ4n) is 7.43. The molecule has 0 spiro atoms. The average molecular weight is 1020 g/mol. The van der Waals surface area contributed by atoms with E-state index in [1.807, 2.05) is 181 Å². The maximum Gasteiger partial charge on any atom is 2.00 e. The van der Waals surface area contributed by atoms with Gasteiger partial charge in [0, 0.05) is 42.6 Å². The fraction of sp³-hybridized carbons (Fsp3) is 0. The van der Waals surface area contributed by atoms with Gasteiger partial charge in [-0.3, -0.25) is 9.33 Å². The SMILES string of the molecule is O=P1(c2ccccc2)N=C(c2[c-]cccc2)C=C1c1ccc(-c2ccccc2)cc1.O=P1(c2ccccc2)[CH-]N(c2[c-]cccc2)C=C1c1ccc(-c2ccccc2)cc1.[Rh+2].[Rh]. The van der Waals surface area contributed by atoms with E-state index in [0.717, 1.165) is 60.3 Å². The van der Waals surface area contributed by atoms with Crippen LogP contribution in [0.4, 0.5) is 5.69 Å². The molecule has 2 aliphatic heterocycles. The monoisotopic (exact) mass is 1020 g/mol. The van der Waals surface area contributed by atoms with Crippen molar-refractivity contribution in [2.45, 2.75) is 0 Å². The van der Waals surface area contributed by atoms with Crippen LogP contribution in [0.1, 0.15) is 16.7 Å². The number of allylic oxidation sites excluding steroid dienone is 1. The van der Waals surface area contributed by atoms with Crippen molar-refractivity contribution >= 4 is 47.1 Å². The molecule has 0 saturated heterocycles. The van der Waals surface area contributed by atoms with Gasteiger partial charge in [-0.05, 0) is 62.7 Å². The molecule has 8 aromatic carbocycles. The van der Waals surface area contributed by atoms with Crippen LogP contribution in [0.2, 0.25) is 0 Å². The van der Waals surface area contributed by atoms with E-state index >= 15 is 0 Å². The number of anilines is 1. The second-order valence-electron chi connectivity index (χ2n) is 14.4. The molecule has 0 fully saturated rings. The summed E-state index contributed by atoms with van der Waals surface area (Å²) in [5, 5.41) is 3.18. The normalized spacial score (nSPS) is 17.5. The number of nitrogens with zero attached hydrogens (tertiary/aromatic N) is 2. The Kier molecular flexibility index (Phi) is 14.4. The van der Waals surface area contributed by atoms with E-state index in [-0.39, 0.29) is 39.0 Å². The van der Waals surface area contributed by atoms with Crippen LogP contribution in [0, 0.1) is 18.4 Å². The summed E-state index contributed by atoms with van der Waals surface area (Å²) in [6.07, 6.45) is 5.79. The molecular formula is C54H39N2O2P2Rh2-. The molecule has 10 rings (SSSR count). The van der Waals surface area contributed by atoms with Crippen LogP contribution >= 0.6 is 14.4 Å². The minimum atomic E-state index is -3.13. The first-order valence-corrected chi connectivity index (χ1v) is 23.2. The molecule has 306 valence electrons. The van der Waals surface area contributed by atoms with Gasteiger partial charge in [-0.1, -0.05) is 164 Å². The summed E-state index contributed by atoms with van der Waals surface area (Å²) >= 11 is 0. The Balaban J connectivity index is 0.000000181. The van der Waals surface area contributed by atoms with E-state index in [9.17, 15) is 9.13 Å². The largest absolute Gasteiger partial charge is 2.00 e. The molecular weight excluding hydrogens is 976 g/mol. The molecule has 8 heteroatoms. The van der Waals surface area contributed by atoms with E-state index < -0.39 is 14.4 Å². The molecule has 62 heavy (non-hydrogen) atoms. The average Bonchev–Trinajstić information content (AvgIpc) is 3.89. The summed E-state index contributed by atoms with van der Waals surface area (Å²) in [6.45, 7) is 0. The molecule has 2 atom stereocenters. The first-order valence-electron chi connectivity index (χ1n) is 19.7. The van der Waals surface area contributed by atoms with E-state index in [1.54, 1.807) is 0 Å². The molecule has 0 bridgehead atoms. The van der Waals surface area contributed by atoms with Crippen molar-refractivity contribution in [1.29, 1.82) is 0 Å². The van der Waals surface area contributed by atoms with E-state index in [2.05, 4.69) is 72.8 Å². The van der Waals surface area contributed by atoms with Crippen molar-refractivity contribution in [3.8, 4) is 22.3 Å². The van der Waals surface area contributed by atoms with E-state index in [0.29, 0.717) is 5.71 Å². The summed E-state index contributed by atoms with van der Waals surface area (Å²) in [7, 11) is -6.06. The summed E-state index contributed by atoms with van der Waals surface area (Å²) in [5.74, 6) is 0. The van der Waals surface area contributed by atoms with Crippen molar-refractivity contribution < 1.29 is 48.1 Å². The van der Waals surface area contributed by atoms with Gasteiger partial charge in [-0.2, -0.15) is 36.6 Å². The van der Waals surface area contributed by atoms with Gasteiger partial charge >= 0.3 is 19.5 Å². The molecule has 2 radical (unpaired) electrons. The zero-order valence-electron chi connectivity index (χ0n) is 33.3. The summed E-state index contributed by atoms with van der Waals surface area (Å²) in [5.41, 5.74) is 8.94. The fourth-order valence-corrected chi connectivity index (χ4v) is 12.3. The van der Waals surface area contributed by atoms with Crippen molar-refractivity contribution in [1.82, 2.24) is 0 Å². The van der Waals surface area contributed by atoms with E-state index in [1.165, 1.54) is 5.56 Å². The first-order chi connectivity index (χ1) is 29.5. The second kappa shape index (κ2) is 20.1. The molecule has 0 aromatic heterocycles. The molecule has 0 N–H and O–H groups in total. The molecule has 2 unspecified atom stereocenters. The second-order valence-corrected chi connectivity index (χ2v) is 19.3. The smallest absolute Gasteiger partial charge is 0.512 e. The Morgan fingerprint density at radius 3 is 1.39 bits per heavy atom. The quantitative estimate of drug-likeness (QED) is 0.0866. The summed E-state index contributed by atoms with van der Waals surface area (Å²) in [4.78, 5) is 1.94. The number of hydrogen-bond acceptors (Lipinski definition) is 3. The van der Waals surface area contributed by atoms with Crippen molar-refractivity contribution in [2.75, 3.05) is 4.90 Å². The molecule has 2 heterocycles. The van der Waals surface area contributed by atoms with Crippen molar-refractivity contribution in [3.05, 3.63) is 266 Å². The minimum absolute atomic E-state index is 0. The number of rotatable bonds is 8. The number of benzene rings is 8. The zero-order valence-corrected chi connectivity index (χ0v) is 38.4. The minimum Gasteiger partial charge on any atom is -0.512 e. The maximum atomic E-state index is 14.3. The summed E-state index contributed by atoms with van der Waals surface area (Å²) < 4.78 is 33.3. The Morgan fingerprint density at radius 1 is 0.452 bits per heavy atom. The predicted octanol–water partition coefficient (Wildman–Crippen LogP) is 13.4. The van der Waals surface area contributed by atoms with Crippen LogP contribution < -0.4 is 15.5 Å². The summed E-state index contributed by atoms with van der Waals surface area (Å²) in [6, 6.07) is 78.2. The standard InChI is InChI=1S/C27H20NOP.C27H19NOP.2Rh/c29-30(26-14-8-3-9-15-26)21-28(25-12-6-2-7-13-25)20-27(30)24-18-16-23(17-19-24)22-10-4-1-5-11-22;29-30(25-14-8-3-9-15-25)27(20-26(28-30)23-12-6-2-7-13-23)24-18-16-22(17-19-24)21-10-4-1-5-11-21;;/h1-12,14-21H;1-12,14-20H;;/q-2;-1;;+2. The molecule has 0 saturated carbocycles. The van der Waals surface area contributed by atoms with Crippen LogP contribution in [-0.4, -0.2) is 5.71 Å². The Bertz CT molecular complexity index is 2830. The van der Waals surface area contributed by atoms with Crippen LogP contribution in [0.15, 0.2) is 235 Å². The predicted molar refractivity (Wildman–Crippen MR) is 251 cm³/mol. The topological polar surface area (TPSA) is 49.7 Å². The Morgan fingerprint density at radius 2 is 0.887 bits per heavy atom. The molecule has 0 aliphatic carbocycles. The zero-order chi connectivity index (χ0) is 40.8. The Hall–Kier alpha value is -5.58. The van der Waals surface area contributed by atoms with Gasteiger partial charge in [-0.15, -0.1) is 41.6 Å². The van der Waals surface area contributed by atoms with Crippen LogP contribution in [-0.2, 0) is 48.1 Å². The van der Waals surface area contributed by atoms with Crippen molar-refractivity contribution in [3.63, 3.8) is 0 Å². The van der Waals surface area contributed by atoms with Gasteiger partial charge < -0.3 is 9.46 Å². The Labute approximate surface area is 390 Å². The van der Waals surface area contributed by atoms with Crippen LogP contribution in [0.3, 0.4) is 0 Å². The maximum absolute atomic E-state index is 14.3. The number of para-hydroxylation sites is 1. The van der Waals surface area contributed by atoms with Crippen LogP contribution in [0.5, 0.6) is 0 Å². The van der Waals surface area contributed by atoms with Gasteiger partial charge in [0.15, 0.2) is 0 Å². The van der Waals surface area contributed by atoms with Gasteiger partial charge in [0.25, 0.3) is 0 Å². The third-order valence-electron chi connectivity index (χ3n) is 10.5. The van der Waals surface area contributed by atoms with Gasteiger partial charge in [0.2, 0.25) is 7.29 Å². The van der Waals surface area contributed by atoms with Gasteiger partial charge in [0.05, 0.1) is 0 Å². The van der Waals surface area contributed by atoms with Gasteiger partial charge in [0.1, 0.15) is 0 Å². The van der Waals surface area contributed by atoms with Crippen LogP contribution in [0.25, 0.3) is 32.9 Å².